The molecule has 0 fully saturated rings. The lowest BCUT2D eigenvalue weighted by atomic mass is 10.1. The Hall–Kier alpha value is -2.55. The highest BCUT2D eigenvalue weighted by Crippen LogP contribution is 2.06. The number of benzene rings is 2. The van der Waals surface area contributed by atoms with Crippen LogP contribution in [0.1, 0.15) is 30.0 Å². The van der Waals surface area contributed by atoms with Crippen LogP contribution in [-0.2, 0) is 6.42 Å². The van der Waals surface area contributed by atoms with Crippen LogP contribution in [0.3, 0.4) is 0 Å². The van der Waals surface area contributed by atoms with E-state index in [1.807, 2.05) is 19.1 Å². The van der Waals surface area contributed by atoms with Crippen molar-refractivity contribution in [2.75, 3.05) is 0 Å². The van der Waals surface area contributed by atoms with Crippen molar-refractivity contribution < 1.29 is 4.39 Å². The number of hydrogen-bond acceptors (Lipinski definition) is 2. The second-order valence-electron chi connectivity index (χ2n) is 4.89. The normalized spacial score (nSPS) is 11.9. The van der Waals surface area contributed by atoms with Crippen molar-refractivity contribution in [3.63, 3.8) is 0 Å². The highest BCUT2D eigenvalue weighted by atomic mass is 19.1. The van der Waals surface area contributed by atoms with E-state index in [0.717, 1.165) is 24.0 Å². The standard InChI is InChI=1S/C19H19FN2/c1-2-3-4-5-16-6-8-17(9-7-16)14-21-22-15-18-10-12-19(20)13-11-18/h2-3,6-15H,4-5H2,1H3/b3-2+,21-14+,22-15+. The highest BCUT2D eigenvalue weighted by Gasteiger charge is 1.92. The summed E-state index contributed by atoms with van der Waals surface area (Å²) >= 11 is 0. The first kappa shape index (κ1) is 15.8. The zero-order valence-electron chi connectivity index (χ0n) is 12.6. The Morgan fingerprint density at radius 3 is 1.95 bits per heavy atom. The third-order valence-electron chi connectivity index (χ3n) is 3.17. The zero-order chi connectivity index (χ0) is 15.6. The van der Waals surface area contributed by atoms with Gasteiger partial charge in [-0.05, 0) is 48.6 Å². The molecule has 0 spiro atoms. The van der Waals surface area contributed by atoms with Gasteiger partial charge in [0.25, 0.3) is 0 Å². The smallest absolute Gasteiger partial charge is 0.123 e. The number of hydrogen-bond donors (Lipinski definition) is 0. The van der Waals surface area contributed by atoms with E-state index in [1.54, 1.807) is 24.6 Å². The Morgan fingerprint density at radius 2 is 1.41 bits per heavy atom. The Bertz CT molecular complexity index is 653. The molecule has 0 N–H and O–H groups in total. The first-order valence-electron chi connectivity index (χ1n) is 7.30. The SMILES string of the molecule is C/C=C/CCc1ccc(/C=N/N=C/c2ccc(F)cc2)cc1. The second-order valence-corrected chi connectivity index (χ2v) is 4.89. The first-order chi connectivity index (χ1) is 10.8. The van der Waals surface area contributed by atoms with Crippen LogP contribution in [0.15, 0.2) is 70.9 Å². The summed E-state index contributed by atoms with van der Waals surface area (Å²) in [6.45, 7) is 2.03. The van der Waals surface area contributed by atoms with Gasteiger partial charge in [0.2, 0.25) is 0 Å². The fraction of sp³-hybridized carbons (Fsp3) is 0.158. The number of allylic oxidation sites excluding steroid dienone is 2. The maximum atomic E-state index is 12.7. The molecule has 2 nitrogen and oxygen atoms in total. The van der Waals surface area contributed by atoms with Gasteiger partial charge in [-0.15, -0.1) is 0 Å². The first-order valence-corrected chi connectivity index (χ1v) is 7.30. The molecular formula is C19H19FN2. The Kier molecular flexibility index (Phi) is 6.24. The third-order valence-corrected chi connectivity index (χ3v) is 3.17. The van der Waals surface area contributed by atoms with Gasteiger partial charge in [0, 0.05) is 0 Å². The number of rotatable bonds is 6. The van der Waals surface area contributed by atoms with E-state index < -0.39 is 0 Å². The summed E-state index contributed by atoms with van der Waals surface area (Å²) in [4.78, 5) is 0. The lowest BCUT2D eigenvalue weighted by Crippen LogP contribution is -1.86. The Morgan fingerprint density at radius 1 is 0.864 bits per heavy atom. The minimum atomic E-state index is -0.254. The summed E-state index contributed by atoms with van der Waals surface area (Å²) in [6.07, 6.45) is 9.65. The molecule has 0 aromatic heterocycles. The molecule has 0 amide bonds. The predicted octanol–water partition coefficient (Wildman–Crippen LogP) is 4.79. The fourth-order valence-electron chi connectivity index (χ4n) is 1.94. The molecular weight excluding hydrogens is 275 g/mol. The van der Waals surface area contributed by atoms with Crippen molar-refractivity contribution in [1.82, 2.24) is 0 Å². The molecule has 3 heteroatoms. The van der Waals surface area contributed by atoms with E-state index in [4.69, 9.17) is 0 Å². The maximum Gasteiger partial charge on any atom is 0.123 e. The summed E-state index contributed by atoms with van der Waals surface area (Å²) in [7, 11) is 0. The molecule has 2 aromatic carbocycles. The monoisotopic (exact) mass is 294 g/mol. The maximum absolute atomic E-state index is 12.7. The van der Waals surface area contributed by atoms with Gasteiger partial charge < -0.3 is 0 Å². The molecule has 0 radical (unpaired) electrons. The van der Waals surface area contributed by atoms with Gasteiger partial charge in [0.15, 0.2) is 0 Å². The predicted molar refractivity (Wildman–Crippen MR) is 91.2 cm³/mol. The highest BCUT2D eigenvalue weighted by molar-refractivity contribution is 5.82. The quantitative estimate of drug-likeness (QED) is 0.416. The summed E-state index contributed by atoms with van der Waals surface area (Å²) < 4.78 is 12.7. The van der Waals surface area contributed by atoms with Crippen LogP contribution in [0.4, 0.5) is 4.39 Å². The number of halogens is 1. The van der Waals surface area contributed by atoms with E-state index in [2.05, 4.69) is 34.5 Å². The van der Waals surface area contributed by atoms with E-state index in [1.165, 1.54) is 17.7 Å². The van der Waals surface area contributed by atoms with Crippen LogP contribution in [0.2, 0.25) is 0 Å². The molecule has 2 rings (SSSR count). The molecule has 0 aliphatic carbocycles. The van der Waals surface area contributed by atoms with Gasteiger partial charge in [-0.3, -0.25) is 0 Å². The molecule has 0 heterocycles. The van der Waals surface area contributed by atoms with Gasteiger partial charge >= 0.3 is 0 Å². The lowest BCUT2D eigenvalue weighted by molar-refractivity contribution is 0.628. The summed E-state index contributed by atoms with van der Waals surface area (Å²) in [5.41, 5.74) is 3.13. The molecule has 0 aliphatic rings. The summed E-state index contributed by atoms with van der Waals surface area (Å²) in [6, 6.07) is 14.4. The zero-order valence-corrected chi connectivity index (χ0v) is 12.6. The number of aryl methyl sites for hydroxylation is 1. The molecule has 0 atom stereocenters. The number of nitrogens with zero attached hydrogens (tertiary/aromatic N) is 2. The second kappa shape index (κ2) is 8.67. The van der Waals surface area contributed by atoms with Crippen LogP contribution in [0.25, 0.3) is 0 Å². The molecule has 2 aromatic rings. The Balaban J connectivity index is 1.88. The molecule has 112 valence electrons. The molecule has 0 bridgehead atoms. The van der Waals surface area contributed by atoms with Crippen LogP contribution in [-0.4, -0.2) is 12.4 Å². The Labute approximate surface area is 130 Å². The van der Waals surface area contributed by atoms with Crippen molar-refractivity contribution in [2.24, 2.45) is 10.2 Å². The van der Waals surface area contributed by atoms with Crippen molar-refractivity contribution in [3.05, 3.63) is 83.2 Å². The molecule has 0 saturated carbocycles. The largest absolute Gasteiger partial charge is 0.207 e. The van der Waals surface area contributed by atoms with Crippen LogP contribution >= 0.6 is 0 Å². The molecule has 0 saturated heterocycles. The lowest BCUT2D eigenvalue weighted by Gasteiger charge is -1.98. The third kappa shape index (κ3) is 5.44. The molecule has 0 aliphatic heterocycles. The van der Waals surface area contributed by atoms with Crippen molar-refractivity contribution in [1.29, 1.82) is 0 Å². The van der Waals surface area contributed by atoms with E-state index >= 15 is 0 Å². The fourth-order valence-corrected chi connectivity index (χ4v) is 1.94. The van der Waals surface area contributed by atoms with E-state index in [-0.39, 0.29) is 5.82 Å². The van der Waals surface area contributed by atoms with Gasteiger partial charge in [0.1, 0.15) is 5.82 Å². The van der Waals surface area contributed by atoms with Gasteiger partial charge in [-0.25, -0.2) is 4.39 Å². The van der Waals surface area contributed by atoms with E-state index in [9.17, 15) is 4.39 Å². The van der Waals surface area contributed by atoms with Crippen LogP contribution < -0.4 is 0 Å². The summed E-state index contributed by atoms with van der Waals surface area (Å²) in [5, 5.41) is 7.97. The van der Waals surface area contributed by atoms with E-state index in [0.29, 0.717) is 0 Å². The van der Waals surface area contributed by atoms with Gasteiger partial charge in [-0.2, -0.15) is 10.2 Å². The van der Waals surface area contributed by atoms with Gasteiger partial charge in [-0.1, -0.05) is 48.6 Å². The van der Waals surface area contributed by atoms with Gasteiger partial charge in [0.05, 0.1) is 12.4 Å². The topological polar surface area (TPSA) is 24.7 Å². The minimum Gasteiger partial charge on any atom is -0.207 e. The van der Waals surface area contributed by atoms with Crippen LogP contribution in [0.5, 0.6) is 0 Å². The average molecular weight is 294 g/mol. The van der Waals surface area contributed by atoms with Crippen LogP contribution in [0, 0.1) is 5.82 Å². The van der Waals surface area contributed by atoms with Crippen molar-refractivity contribution in [2.45, 2.75) is 19.8 Å². The van der Waals surface area contributed by atoms with Crippen molar-refractivity contribution >= 4 is 12.4 Å². The average Bonchev–Trinajstić information content (AvgIpc) is 2.55. The van der Waals surface area contributed by atoms with Crippen molar-refractivity contribution in [3.8, 4) is 0 Å². The molecule has 0 unspecified atom stereocenters. The minimum absolute atomic E-state index is 0.254. The summed E-state index contributed by atoms with van der Waals surface area (Å²) in [5.74, 6) is -0.254. The molecule has 22 heavy (non-hydrogen) atoms.